The Labute approximate surface area is 191 Å². The lowest BCUT2D eigenvalue weighted by molar-refractivity contribution is -0.113. The minimum Gasteiger partial charge on any atom is -0.486 e. The first-order valence-corrected chi connectivity index (χ1v) is 11.4. The second kappa shape index (κ2) is 11.9. The topological polar surface area (TPSA) is 95.3 Å². The van der Waals surface area contributed by atoms with Crippen molar-refractivity contribution in [2.24, 2.45) is 0 Å². The summed E-state index contributed by atoms with van der Waals surface area (Å²) in [6.07, 6.45) is 0.752. The van der Waals surface area contributed by atoms with Gasteiger partial charge in [0.1, 0.15) is 12.4 Å². The van der Waals surface area contributed by atoms with E-state index in [1.54, 1.807) is 24.3 Å². The summed E-state index contributed by atoms with van der Waals surface area (Å²) in [5, 5.41) is 11.9. The van der Waals surface area contributed by atoms with Crippen molar-refractivity contribution >= 4 is 29.3 Å². The summed E-state index contributed by atoms with van der Waals surface area (Å²) in [5.74, 6) is 0.993. The van der Waals surface area contributed by atoms with Crippen molar-refractivity contribution in [2.45, 2.75) is 38.6 Å². The normalized spacial score (nSPS) is 10.6. The van der Waals surface area contributed by atoms with Crippen LogP contribution < -0.4 is 10.1 Å². The van der Waals surface area contributed by atoms with E-state index in [2.05, 4.69) is 15.5 Å². The third-order valence-electron chi connectivity index (χ3n) is 4.37. The number of hydrogen-bond donors (Lipinski definition) is 1. The molecule has 0 fully saturated rings. The highest BCUT2D eigenvalue weighted by Crippen LogP contribution is 2.19. The molecule has 1 amide bonds. The zero-order valence-corrected chi connectivity index (χ0v) is 18.9. The predicted octanol–water partition coefficient (Wildman–Crippen LogP) is 4.17. The molecule has 0 atom stereocenters. The molecule has 0 aliphatic carbocycles. The average Bonchev–Trinajstić information content (AvgIpc) is 3.22. The second-order valence-electron chi connectivity index (χ2n) is 6.80. The number of carbonyl (C=O) groups excluding carboxylic acids is 2. The van der Waals surface area contributed by atoms with E-state index in [0.717, 1.165) is 12.2 Å². The summed E-state index contributed by atoms with van der Waals surface area (Å²) < 4.78 is 12.8. The number of rotatable bonds is 11. The molecular formula is C23H26N4O4S. The summed E-state index contributed by atoms with van der Waals surface area (Å²) in [6.45, 7) is 5.23. The summed E-state index contributed by atoms with van der Waals surface area (Å²) in [7, 11) is 0. The standard InChI is InChI=1S/C23H26N4O4S/c1-3-13-30-22(29)17-9-8-10-18(14-17)24-21(28)16-32-23-26-25-20(27(23)4-2)15-31-19-11-6-5-7-12-19/h5-12,14H,3-4,13,15-16H2,1-2H3,(H,24,28). The van der Waals surface area contributed by atoms with E-state index in [1.807, 2.05) is 48.7 Å². The van der Waals surface area contributed by atoms with Gasteiger partial charge in [-0.2, -0.15) is 0 Å². The summed E-state index contributed by atoms with van der Waals surface area (Å²) in [6, 6.07) is 16.2. The van der Waals surface area contributed by atoms with Crippen LogP contribution in [-0.4, -0.2) is 39.0 Å². The van der Waals surface area contributed by atoms with Crippen LogP contribution in [0, 0.1) is 0 Å². The molecule has 168 valence electrons. The van der Waals surface area contributed by atoms with Crippen molar-refractivity contribution in [3.05, 3.63) is 66.0 Å². The zero-order valence-electron chi connectivity index (χ0n) is 18.1. The first-order valence-electron chi connectivity index (χ1n) is 10.4. The van der Waals surface area contributed by atoms with Gasteiger partial charge >= 0.3 is 5.97 Å². The maximum absolute atomic E-state index is 12.4. The molecule has 1 heterocycles. The lowest BCUT2D eigenvalue weighted by Gasteiger charge is -2.09. The van der Waals surface area contributed by atoms with E-state index >= 15 is 0 Å². The molecule has 0 spiro atoms. The van der Waals surface area contributed by atoms with Gasteiger partial charge < -0.3 is 19.4 Å². The van der Waals surface area contributed by atoms with Gasteiger partial charge in [0, 0.05) is 12.2 Å². The molecule has 32 heavy (non-hydrogen) atoms. The van der Waals surface area contributed by atoms with Gasteiger partial charge in [0.15, 0.2) is 11.0 Å². The Morgan fingerprint density at radius 2 is 1.88 bits per heavy atom. The number of para-hydroxylation sites is 1. The molecule has 2 aromatic carbocycles. The molecule has 0 radical (unpaired) electrons. The number of nitrogens with zero attached hydrogens (tertiary/aromatic N) is 3. The van der Waals surface area contributed by atoms with Gasteiger partial charge in [-0.1, -0.05) is 43.0 Å². The Hall–Kier alpha value is -3.33. The van der Waals surface area contributed by atoms with Crippen LogP contribution in [0.2, 0.25) is 0 Å². The number of nitrogens with one attached hydrogen (secondary N) is 1. The fourth-order valence-electron chi connectivity index (χ4n) is 2.84. The number of anilines is 1. The van der Waals surface area contributed by atoms with E-state index in [9.17, 15) is 9.59 Å². The Balaban J connectivity index is 1.54. The molecule has 9 heteroatoms. The summed E-state index contributed by atoms with van der Waals surface area (Å²) >= 11 is 1.29. The first-order chi connectivity index (χ1) is 15.6. The number of thioether (sulfide) groups is 1. The highest BCUT2D eigenvalue weighted by Gasteiger charge is 2.14. The third-order valence-corrected chi connectivity index (χ3v) is 5.34. The number of esters is 1. The Morgan fingerprint density at radius 3 is 2.62 bits per heavy atom. The van der Waals surface area contributed by atoms with Gasteiger partial charge in [-0.3, -0.25) is 4.79 Å². The SMILES string of the molecule is CCCOC(=O)c1cccc(NC(=O)CSc2nnc(COc3ccccc3)n2CC)c1. The van der Waals surface area contributed by atoms with Gasteiger partial charge in [-0.25, -0.2) is 4.79 Å². The molecule has 3 rings (SSSR count). The zero-order chi connectivity index (χ0) is 22.8. The largest absolute Gasteiger partial charge is 0.486 e. The van der Waals surface area contributed by atoms with E-state index < -0.39 is 5.97 Å². The molecule has 1 aromatic heterocycles. The number of ether oxygens (including phenoxy) is 2. The maximum Gasteiger partial charge on any atom is 0.338 e. The average molecular weight is 455 g/mol. The minimum atomic E-state index is -0.404. The lowest BCUT2D eigenvalue weighted by Crippen LogP contribution is -2.15. The molecule has 0 saturated carbocycles. The molecule has 0 aliphatic rings. The third kappa shape index (κ3) is 6.58. The monoisotopic (exact) mass is 454 g/mol. The quantitative estimate of drug-likeness (QED) is 0.343. The van der Waals surface area contributed by atoms with Crippen molar-refractivity contribution < 1.29 is 19.1 Å². The van der Waals surface area contributed by atoms with Gasteiger partial charge in [-0.15, -0.1) is 10.2 Å². The fraction of sp³-hybridized carbons (Fsp3) is 0.304. The highest BCUT2D eigenvalue weighted by atomic mass is 32.2. The first kappa shape index (κ1) is 23.3. The molecule has 0 bridgehead atoms. The molecule has 0 saturated heterocycles. The number of carbonyl (C=O) groups is 2. The number of aromatic nitrogens is 3. The van der Waals surface area contributed by atoms with Crippen molar-refractivity contribution in [1.29, 1.82) is 0 Å². The molecular weight excluding hydrogens is 428 g/mol. The van der Waals surface area contributed by atoms with E-state index in [0.29, 0.717) is 42.0 Å². The van der Waals surface area contributed by atoms with E-state index in [1.165, 1.54) is 11.8 Å². The van der Waals surface area contributed by atoms with Crippen molar-refractivity contribution in [1.82, 2.24) is 14.8 Å². The van der Waals surface area contributed by atoms with Gasteiger partial charge in [0.2, 0.25) is 5.91 Å². The maximum atomic E-state index is 12.4. The van der Waals surface area contributed by atoms with Gasteiger partial charge in [-0.05, 0) is 43.7 Å². The summed E-state index contributed by atoms with van der Waals surface area (Å²) in [4.78, 5) is 24.4. The van der Waals surface area contributed by atoms with Crippen LogP contribution in [0.15, 0.2) is 59.8 Å². The Kier molecular flexibility index (Phi) is 8.68. The van der Waals surface area contributed by atoms with Crippen molar-refractivity contribution in [2.75, 3.05) is 17.7 Å². The number of amides is 1. The smallest absolute Gasteiger partial charge is 0.338 e. The highest BCUT2D eigenvalue weighted by molar-refractivity contribution is 7.99. The Bertz CT molecular complexity index is 1040. The molecule has 3 aromatic rings. The Morgan fingerprint density at radius 1 is 1.06 bits per heavy atom. The molecule has 8 nitrogen and oxygen atoms in total. The lowest BCUT2D eigenvalue weighted by atomic mass is 10.2. The van der Waals surface area contributed by atoms with Gasteiger partial charge in [0.05, 0.1) is 17.9 Å². The van der Waals surface area contributed by atoms with Crippen molar-refractivity contribution in [3.8, 4) is 5.75 Å². The van der Waals surface area contributed by atoms with Gasteiger partial charge in [0.25, 0.3) is 0 Å². The van der Waals surface area contributed by atoms with Crippen LogP contribution in [0.3, 0.4) is 0 Å². The number of hydrogen-bond acceptors (Lipinski definition) is 7. The van der Waals surface area contributed by atoms with Crippen molar-refractivity contribution in [3.63, 3.8) is 0 Å². The minimum absolute atomic E-state index is 0.155. The van der Waals surface area contributed by atoms with Crippen LogP contribution in [0.4, 0.5) is 5.69 Å². The van der Waals surface area contributed by atoms with E-state index in [-0.39, 0.29) is 11.7 Å². The van der Waals surface area contributed by atoms with Crippen LogP contribution in [0.25, 0.3) is 0 Å². The molecule has 1 N–H and O–H groups in total. The van der Waals surface area contributed by atoms with Crippen LogP contribution in [0.1, 0.15) is 36.5 Å². The summed E-state index contributed by atoms with van der Waals surface area (Å²) in [5.41, 5.74) is 0.938. The molecule has 0 unspecified atom stereocenters. The second-order valence-corrected chi connectivity index (χ2v) is 7.74. The van der Waals surface area contributed by atoms with Crippen LogP contribution in [-0.2, 0) is 22.7 Å². The fourth-order valence-corrected chi connectivity index (χ4v) is 3.67. The van der Waals surface area contributed by atoms with E-state index in [4.69, 9.17) is 9.47 Å². The predicted molar refractivity (Wildman–Crippen MR) is 123 cm³/mol. The number of benzene rings is 2. The molecule has 0 aliphatic heterocycles. The van der Waals surface area contributed by atoms with Crippen LogP contribution in [0.5, 0.6) is 5.75 Å². The van der Waals surface area contributed by atoms with Crippen LogP contribution >= 0.6 is 11.8 Å².